The molecule has 9 nitrogen and oxygen atoms in total. The van der Waals surface area contributed by atoms with E-state index in [1.807, 2.05) is 66.6 Å². The molecule has 6 rings (SSSR count). The zero-order valence-corrected chi connectivity index (χ0v) is 22.4. The van der Waals surface area contributed by atoms with Crippen molar-refractivity contribution in [2.75, 3.05) is 19.7 Å². The van der Waals surface area contributed by atoms with Gasteiger partial charge in [0.1, 0.15) is 17.4 Å². The maximum atomic E-state index is 13.0. The molecule has 2 amide bonds. The maximum absolute atomic E-state index is 13.0. The molecular formula is C29H28N6O3S. The molecule has 1 fully saturated rings. The Morgan fingerprint density at radius 2 is 1.90 bits per heavy atom. The quantitative estimate of drug-likeness (QED) is 0.439. The largest absolute Gasteiger partial charge is 0.491 e. The molecular weight excluding hydrogens is 512 g/mol. The van der Waals surface area contributed by atoms with Crippen LogP contribution in [0.5, 0.6) is 5.75 Å². The van der Waals surface area contributed by atoms with E-state index in [0.29, 0.717) is 23.4 Å². The zero-order valence-electron chi connectivity index (χ0n) is 21.6. The summed E-state index contributed by atoms with van der Waals surface area (Å²) >= 11 is 1.18. The Balaban J connectivity index is 1.22. The van der Waals surface area contributed by atoms with Gasteiger partial charge in [0.25, 0.3) is 5.91 Å². The first-order valence-electron chi connectivity index (χ1n) is 13.0. The van der Waals surface area contributed by atoms with E-state index in [4.69, 9.17) is 10.1 Å². The van der Waals surface area contributed by atoms with Crippen LogP contribution in [0, 0.1) is 12.3 Å². The molecule has 0 bridgehead atoms. The number of nitrogens with one attached hydrogen (secondary N) is 1. The fourth-order valence-electron chi connectivity index (χ4n) is 5.01. The number of ether oxygens (including phenoxy) is 1. The van der Waals surface area contributed by atoms with Gasteiger partial charge in [0.2, 0.25) is 11.1 Å². The van der Waals surface area contributed by atoms with Crippen molar-refractivity contribution in [2.24, 2.45) is 10.1 Å². The monoisotopic (exact) mass is 540 g/mol. The lowest BCUT2D eigenvalue weighted by Crippen LogP contribution is -2.35. The van der Waals surface area contributed by atoms with Crippen molar-refractivity contribution < 1.29 is 14.3 Å². The van der Waals surface area contributed by atoms with E-state index in [9.17, 15) is 9.59 Å². The van der Waals surface area contributed by atoms with E-state index in [0.717, 1.165) is 53.7 Å². The first kappa shape index (κ1) is 25.1. The summed E-state index contributed by atoms with van der Waals surface area (Å²) in [5, 5.41) is 16.4. The molecule has 10 heteroatoms. The molecule has 39 heavy (non-hydrogen) atoms. The van der Waals surface area contributed by atoms with E-state index in [1.54, 1.807) is 6.08 Å². The predicted octanol–water partition coefficient (Wildman–Crippen LogP) is 4.66. The first-order valence-corrected chi connectivity index (χ1v) is 13.8. The van der Waals surface area contributed by atoms with Gasteiger partial charge in [0, 0.05) is 35.8 Å². The standard InChI is InChI=1S/C29H28N6O3S/c1-19-8-2-5-11-24(19)38-15-14-34-18-20(21-9-3-4-10-23(21)34)16-22-27(30)35-29(31-28(22)37)39-25(32-35)17-26(36)33-12-6-7-13-33/h2-5,8-11,16,18,30H,6-7,12-15,17H2,1H3/b22-16+,30-27?. The Bertz CT molecular complexity index is 1580. The number of para-hydroxylation sites is 2. The second-order valence-electron chi connectivity index (χ2n) is 9.69. The van der Waals surface area contributed by atoms with Crippen LogP contribution >= 0.6 is 11.8 Å². The summed E-state index contributed by atoms with van der Waals surface area (Å²) < 4.78 is 8.10. The normalized spacial score (nSPS) is 18.1. The molecule has 4 heterocycles. The SMILES string of the molecule is Cc1ccccc1OCCn1cc(/C=C2\C(=N)N3N=C(CC(=O)N4CCCC4)SC3=NC2=O)c2ccccc21. The Kier molecular flexibility index (Phi) is 6.78. The lowest BCUT2D eigenvalue weighted by molar-refractivity contribution is -0.128. The number of amidine groups is 2. The highest BCUT2D eigenvalue weighted by molar-refractivity contribution is 8.27. The Morgan fingerprint density at radius 1 is 1.13 bits per heavy atom. The smallest absolute Gasteiger partial charge is 0.283 e. The third kappa shape index (κ3) is 4.99. The highest BCUT2D eigenvalue weighted by Crippen LogP contribution is 2.31. The van der Waals surface area contributed by atoms with Crippen LogP contribution in [0.25, 0.3) is 17.0 Å². The second-order valence-corrected chi connectivity index (χ2v) is 10.7. The third-order valence-electron chi connectivity index (χ3n) is 7.06. The van der Waals surface area contributed by atoms with Gasteiger partial charge in [0.05, 0.1) is 18.5 Å². The summed E-state index contributed by atoms with van der Waals surface area (Å²) in [6, 6.07) is 15.9. The molecule has 3 aliphatic rings. The summed E-state index contributed by atoms with van der Waals surface area (Å²) in [7, 11) is 0. The van der Waals surface area contributed by atoms with Crippen LogP contribution in [-0.4, -0.2) is 62.0 Å². The number of likely N-dealkylation sites (tertiary alicyclic amines) is 1. The number of hydrogen-bond donors (Lipinski definition) is 1. The number of fused-ring (bicyclic) bond motifs is 2. The molecule has 0 spiro atoms. The van der Waals surface area contributed by atoms with Crippen LogP contribution in [0.4, 0.5) is 0 Å². The van der Waals surface area contributed by atoms with Crippen molar-refractivity contribution in [3.8, 4) is 5.75 Å². The van der Waals surface area contributed by atoms with Crippen molar-refractivity contribution in [2.45, 2.75) is 32.7 Å². The number of aryl methyl sites for hydroxylation is 1. The summed E-state index contributed by atoms with van der Waals surface area (Å²) in [5.41, 5.74) is 3.07. The summed E-state index contributed by atoms with van der Waals surface area (Å²) in [5.74, 6) is 0.352. The minimum absolute atomic E-state index is 0.0204. The number of aliphatic imine (C=N–C) groups is 1. The lowest BCUT2D eigenvalue weighted by atomic mass is 10.1. The number of amides is 2. The average Bonchev–Trinajstić information content (AvgIpc) is 3.68. The lowest BCUT2D eigenvalue weighted by Gasteiger charge is -2.20. The van der Waals surface area contributed by atoms with Crippen LogP contribution in [-0.2, 0) is 16.1 Å². The van der Waals surface area contributed by atoms with E-state index >= 15 is 0 Å². The van der Waals surface area contributed by atoms with Crippen molar-refractivity contribution in [1.29, 1.82) is 5.41 Å². The van der Waals surface area contributed by atoms with Gasteiger partial charge in [-0.25, -0.2) is 0 Å². The number of hydrogen-bond acceptors (Lipinski definition) is 6. The van der Waals surface area contributed by atoms with E-state index < -0.39 is 5.91 Å². The molecule has 0 aliphatic carbocycles. The number of thioether (sulfide) groups is 1. The topological polar surface area (TPSA) is 103 Å². The number of carbonyl (C=O) groups is 2. The number of aromatic nitrogens is 1. The fraction of sp³-hybridized carbons (Fsp3) is 0.276. The zero-order chi connectivity index (χ0) is 26.9. The summed E-state index contributed by atoms with van der Waals surface area (Å²) in [4.78, 5) is 31.6. The third-order valence-corrected chi connectivity index (χ3v) is 7.97. The summed E-state index contributed by atoms with van der Waals surface area (Å²) in [6.45, 7) is 4.67. The van der Waals surface area contributed by atoms with Gasteiger partial charge in [-0.1, -0.05) is 36.4 Å². The maximum Gasteiger partial charge on any atom is 0.283 e. The molecule has 3 aromatic rings. The molecule has 0 saturated carbocycles. The molecule has 0 atom stereocenters. The number of hydrazone groups is 1. The van der Waals surface area contributed by atoms with Gasteiger partial charge in [-0.3, -0.25) is 15.0 Å². The van der Waals surface area contributed by atoms with Crippen LogP contribution in [0.1, 0.15) is 30.4 Å². The second kappa shape index (κ2) is 10.5. The van der Waals surface area contributed by atoms with Gasteiger partial charge in [-0.15, -0.1) is 0 Å². The van der Waals surface area contributed by atoms with E-state index in [2.05, 4.69) is 14.7 Å². The highest BCUT2D eigenvalue weighted by Gasteiger charge is 2.36. The van der Waals surface area contributed by atoms with Crippen molar-refractivity contribution in [3.05, 3.63) is 71.4 Å². The van der Waals surface area contributed by atoms with Gasteiger partial charge in [0.15, 0.2) is 5.84 Å². The van der Waals surface area contributed by atoms with E-state index in [-0.39, 0.29) is 23.7 Å². The van der Waals surface area contributed by atoms with Crippen LogP contribution < -0.4 is 4.74 Å². The van der Waals surface area contributed by atoms with Gasteiger partial charge in [-0.05, 0) is 55.3 Å². The minimum Gasteiger partial charge on any atom is -0.491 e. The van der Waals surface area contributed by atoms with Crippen molar-refractivity contribution in [3.63, 3.8) is 0 Å². The Morgan fingerprint density at radius 3 is 2.72 bits per heavy atom. The van der Waals surface area contributed by atoms with Crippen molar-refractivity contribution >= 4 is 56.6 Å². The number of benzene rings is 2. The average molecular weight is 541 g/mol. The van der Waals surface area contributed by atoms with Gasteiger partial charge in [-0.2, -0.15) is 15.1 Å². The molecule has 3 aliphatic heterocycles. The van der Waals surface area contributed by atoms with Crippen molar-refractivity contribution in [1.82, 2.24) is 14.5 Å². The Hall–Kier alpha value is -4.18. The number of nitrogens with zero attached hydrogens (tertiary/aromatic N) is 5. The molecule has 0 unspecified atom stereocenters. The van der Waals surface area contributed by atoms with E-state index in [1.165, 1.54) is 16.8 Å². The minimum atomic E-state index is -0.485. The molecule has 198 valence electrons. The van der Waals surface area contributed by atoms with Gasteiger partial charge >= 0.3 is 0 Å². The molecule has 1 saturated heterocycles. The fourth-order valence-corrected chi connectivity index (χ4v) is 5.89. The Labute approximate surface area is 230 Å². The summed E-state index contributed by atoms with van der Waals surface area (Å²) in [6.07, 6.45) is 5.88. The van der Waals surface area contributed by atoms with Crippen LogP contribution in [0.15, 0.2) is 70.4 Å². The number of carbonyl (C=O) groups excluding carboxylic acids is 2. The predicted molar refractivity (Wildman–Crippen MR) is 154 cm³/mol. The molecule has 0 radical (unpaired) electrons. The first-order chi connectivity index (χ1) is 19.0. The van der Waals surface area contributed by atoms with Crippen LogP contribution in [0.2, 0.25) is 0 Å². The van der Waals surface area contributed by atoms with Crippen LogP contribution in [0.3, 0.4) is 0 Å². The molecule has 1 N–H and O–H groups in total. The molecule has 2 aromatic carbocycles. The van der Waals surface area contributed by atoms with Gasteiger partial charge < -0.3 is 14.2 Å². The number of rotatable bonds is 7. The molecule has 1 aromatic heterocycles. The highest BCUT2D eigenvalue weighted by atomic mass is 32.2.